The van der Waals surface area contributed by atoms with Crippen molar-refractivity contribution in [3.8, 4) is 0 Å². The molecule has 1 aromatic rings. The molecule has 0 spiro atoms. The Morgan fingerprint density at radius 1 is 1.27 bits per heavy atom. The second-order valence-electron chi connectivity index (χ2n) is 6.13. The molecule has 0 aliphatic carbocycles. The number of fused-ring (bicyclic) bond motifs is 2. The van der Waals surface area contributed by atoms with E-state index in [4.69, 9.17) is 4.74 Å². The number of ether oxygens (including phenoxy) is 1. The summed E-state index contributed by atoms with van der Waals surface area (Å²) >= 11 is 0. The highest BCUT2D eigenvalue weighted by Gasteiger charge is 2.55. The lowest BCUT2D eigenvalue weighted by Crippen LogP contribution is -2.41. The van der Waals surface area contributed by atoms with Crippen LogP contribution in [-0.4, -0.2) is 29.2 Å². The van der Waals surface area contributed by atoms with Crippen LogP contribution in [0.5, 0.6) is 0 Å². The van der Waals surface area contributed by atoms with Crippen molar-refractivity contribution in [2.45, 2.75) is 45.3 Å². The highest BCUT2D eigenvalue weighted by Crippen LogP contribution is 2.44. The molecule has 2 heterocycles. The summed E-state index contributed by atoms with van der Waals surface area (Å²) in [6, 6.07) is 5.89. The van der Waals surface area contributed by atoms with Gasteiger partial charge in [-0.3, -0.25) is 9.59 Å². The summed E-state index contributed by atoms with van der Waals surface area (Å²) in [5, 5.41) is 12.4. The third kappa shape index (κ3) is 2.39. The van der Waals surface area contributed by atoms with Crippen LogP contribution < -0.4 is 5.32 Å². The Bertz CT molecular complexity index is 613. The van der Waals surface area contributed by atoms with Gasteiger partial charge in [-0.15, -0.1) is 0 Å². The number of carboxylic acids is 1. The molecular weight excluding hydrogens is 282 g/mol. The Hall–Kier alpha value is -1.88. The van der Waals surface area contributed by atoms with Gasteiger partial charge in [0.25, 0.3) is 0 Å². The molecule has 2 aliphatic rings. The number of carbonyl (C=O) groups is 2. The monoisotopic (exact) mass is 303 g/mol. The third-order valence-electron chi connectivity index (χ3n) is 4.85. The van der Waals surface area contributed by atoms with Gasteiger partial charge in [0.05, 0.1) is 24.0 Å². The van der Waals surface area contributed by atoms with E-state index in [0.717, 1.165) is 36.1 Å². The Balaban J connectivity index is 1.84. The van der Waals surface area contributed by atoms with Gasteiger partial charge in [-0.25, -0.2) is 0 Å². The van der Waals surface area contributed by atoms with Crippen molar-refractivity contribution in [3.63, 3.8) is 0 Å². The lowest BCUT2D eigenvalue weighted by atomic mass is 9.78. The fourth-order valence-electron chi connectivity index (χ4n) is 3.73. The van der Waals surface area contributed by atoms with Crippen molar-refractivity contribution in [2.75, 3.05) is 5.32 Å². The zero-order valence-electron chi connectivity index (χ0n) is 12.8. The van der Waals surface area contributed by atoms with E-state index in [1.54, 1.807) is 0 Å². The van der Waals surface area contributed by atoms with Gasteiger partial charge in [-0.2, -0.15) is 0 Å². The van der Waals surface area contributed by atoms with Crippen LogP contribution >= 0.6 is 0 Å². The van der Waals surface area contributed by atoms with Crippen molar-refractivity contribution in [1.29, 1.82) is 0 Å². The van der Waals surface area contributed by atoms with E-state index in [2.05, 4.69) is 5.32 Å². The number of aliphatic carboxylic acids is 1. The van der Waals surface area contributed by atoms with E-state index in [9.17, 15) is 14.7 Å². The Morgan fingerprint density at radius 2 is 1.95 bits per heavy atom. The summed E-state index contributed by atoms with van der Waals surface area (Å²) in [6.45, 7) is 3.98. The van der Waals surface area contributed by atoms with Gasteiger partial charge in [-0.05, 0) is 37.3 Å². The Labute approximate surface area is 129 Å². The van der Waals surface area contributed by atoms with E-state index in [0.29, 0.717) is 0 Å². The highest BCUT2D eigenvalue weighted by atomic mass is 16.5. The molecule has 5 heteroatoms. The molecule has 1 aromatic carbocycles. The average molecular weight is 303 g/mol. The summed E-state index contributed by atoms with van der Waals surface area (Å²) in [4.78, 5) is 24.2. The molecular formula is C17H21NO4. The Morgan fingerprint density at radius 3 is 2.59 bits per heavy atom. The number of hydrogen-bond acceptors (Lipinski definition) is 3. The minimum absolute atomic E-state index is 0.233. The molecule has 22 heavy (non-hydrogen) atoms. The smallest absolute Gasteiger partial charge is 0.310 e. The molecule has 0 radical (unpaired) electrons. The number of nitrogens with one attached hydrogen (secondary N) is 1. The normalized spacial score (nSPS) is 29.5. The maximum absolute atomic E-state index is 12.7. The average Bonchev–Trinajstić information content (AvgIpc) is 3.09. The molecule has 5 nitrogen and oxygen atoms in total. The lowest BCUT2D eigenvalue weighted by molar-refractivity contribution is -0.147. The SMILES string of the molecule is CCc1cccc(C)c1NC(=O)[C@H]1[C@@H](C(=O)O)[C@H]2CC[C@@H]1O2. The number of anilines is 1. The molecule has 0 unspecified atom stereocenters. The van der Waals surface area contributed by atoms with E-state index in [1.807, 2.05) is 32.0 Å². The van der Waals surface area contributed by atoms with Crippen molar-refractivity contribution >= 4 is 17.6 Å². The molecule has 118 valence electrons. The quantitative estimate of drug-likeness (QED) is 0.895. The lowest BCUT2D eigenvalue weighted by Gasteiger charge is -2.24. The van der Waals surface area contributed by atoms with Crippen molar-refractivity contribution in [2.24, 2.45) is 11.8 Å². The Kier molecular flexibility index (Phi) is 3.91. The molecule has 1 amide bonds. The van der Waals surface area contributed by atoms with Crippen molar-refractivity contribution in [3.05, 3.63) is 29.3 Å². The molecule has 0 saturated carbocycles. The molecule has 2 saturated heterocycles. The first-order valence-corrected chi connectivity index (χ1v) is 7.80. The van der Waals surface area contributed by atoms with Crippen LogP contribution in [-0.2, 0) is 20.7 Å². The first kappa shape index (κ1) is 15.0. The number of carboxylic acid groups (broad SMARTS) is 1. The van der Waals surface area contributed by atoms with Crippen LogP contribution in [0.3, 0.4) is 0 Å². The predicted octanol–water partition coefficient (Wildman–Crippen LogP) is 2.37. The maximum Gasteiger partial charge on any atom is 0.310 e. The van der Waals surface area contributed by atoms with Crippen LogP contribution in [0.2, 0.25) is 0 Å². The highest BCUT2D eigenvalue weighted by molar-refractivity contribution is 5.97. The van der Waals surface area contributed by atoms with Crippen LogP contribution in [0.1, 0.15) is 30.9 Å². The molecule has 4 atom stereocenters. The van der Waals surface area contributed by atoms with E-state index in [-0.39, 0.29) is 18.1 Å². The number of amides is 1. The molecule has 2 fully saturated rings. The van der Waals surface area contributed by atoms with Crippen LogP contribution in [0, 0.1) is 18.8 Å². The minimum Gasteiger partial charge on any atom is -0.481 e. The summed E-state index contributed by atoms with van der Waals surface area (Å²) in [5.74, 6) is -2.50. The summed E-state index contributed by atoms with van der Waals surface area (Å²) in [6.07, 6.45) is 1.73. The van der Waals surface area contributed by atoms with Gasteiger partial charge in [-0.1, -0.05) is 25.1 Å². The topological polar surface area (TPSA) is 75.6 Å². The third-order valence-corrected chi connectivity index (χ3v) is 4.85. The van der Waals surface area contributed by atoms with Gasteiger partial charge in [0.15, 0.2) is 0 Å². The fourth-order valence-corrected chi connectivity index (χ4v) is 3.73. The van der Waals surface area contributed by atoms with E-state index in [1.165, 1.54) is 0 Å². The van der Waals surface area contributed by atoms with Crippen molar-refractivity contribution < 1.29 is 19.4 Å². The first-order chi connectivity index (χ1) is 10.5. The molecule has 2 N–H and O–H groups in total. The number of para-hydroxylation sites is 1. The van der Waals surface area contributed by atoms with E-state index >= 15 is 0 Å². The standard InChI is InChI=1S/C17H21NO4/c1-3-10-6-4-5-9(2)15(10)18-16(19)13-11-7-8-12(22-11)14(13)17(20)21/h4-6,11-14H,3,7-8H2,1-2H3,(H,18,19)(H,20,21)/t11-,12+,13+,14-/m0/s1. The maximum atomic E-state index is 12.7. The van der Waals surface area contributed by atoms with Gasteiger partial charge in [0, 0.05) is 5.69 Å². The zero-order valence-corrected chi connectivity index (χ0v) is 12.8. The number of hydrogen-bond donors (Lipinski definition) is 2. The van der Waals surface area contributed by atoms with E-state index < -0.39 is 17.8 Å². The minimum atomic E-state index is -0.937. The first-order valence-electron chi connectivity index (χ1n) is 7.80. The molecule has 3 rings (SSSR count). The number of carbonyl (C=O) groups excluding carboxylic acids is 1. The van der Waals surface area contributed by atoms with Gasteiger partial charge in [0.2, 0.25) is 5.91 Å². The largest absolute Gasteiger partial charge is 0.481 e. The molecule has 2 bridgehead atoms. The second kappa shape index (κ2) is 5.72. The summed E-state index contributed by atoms with van der Waals surface area (Å²) < 4.78 is 5.66. The predicted molar refractivity (Wildman–Crippen MR) is 81.7 cm³/mol. The van der Waals surface area contributed by atoms with Gasteiger partial charge < -0.3 is 15.2 Å². The van der Waals surface area contributed by atoms with Crippen molar-refractivity contribution in [1.82, 2.24) is 0 Å². The summed E-state index contributed by atoms with van der Waals surface area (Å²) in [5.41, 5.74) is 2.86. The molecule has 2 aliphatic heterocycles. The number of rotatable bonds is 4. The van der Waals surface area contributed by atoms with Crippen LogP contribution in [0.15, 0.2) is 18.2 Å². The van der Waals surface area contributed by atoms with Gasteiger partial charge >= 0.3 is 5.97 Å². The zero-order chi connectivity index (χ0) is 15.9. The molecule has 0 aromatic heterocycles. The summed E-state index contributed by atoms with van der Waals surface area (Å²) in [7, 11) is 0. The van der Waals surface area contributed by atoms with Crippen LogP contribution in [0.4, 0.5) is 5.69 Å². The fraction of sp³-hybridized carbons (Fsp3) is 0.529. The van der Waals surface area contributed by atoms with Crippen LogP contribution in [0.25, 0.3) is 0 Å². The number of benzene rings is 1. The van der Waals surface area contributed by atoms with Gasteiger partial charge in [0.1, 0.15) is 0 Å². The second-order valence-corrected chi connectivity index (χ2v) is 6.13. The number of aryl methyl sites for hydroxylation is 2.